The van der Waals surface area contributed by atoms with Crippen molar-refractivity contribution in [2.24, 2.45) is 5.41 Å². The highest BCUT2D eigenvalue weighted by atomic mass is 19.3. The van der Waals surface area contributed by atoms with Gasteiger partial charge in [0, 0.05) is 44.7 Å². The van der Waals surface area contributed by atoms with Gasteiger partial charge >= 0.3 is 6.55 Å². The summed E-state index contributed by atoms with van der Waals surface area (Å²) in [4.78, 5) is 42.8. The third-order valence-electron chi connectivity index (χ3n) is 8.75. The maximum Gasteiger partial charge on any atom is 0.333 e. The fraction of sp³-hybridized carbons (Fsp3) is 0.556. The van der Waals surface area contributed by atoms with Gasteiger partial charge in [-0.25, -0.2) is 9.67 Å². The number of amides is 2. The fourth-order valence-electron chi connectivity index (χ4n) is 6.30. The lowest BCUT2D eigenvalue weighted by atomic mass is 9.57. The molecule has 230 valence electrons. The van der Waals surface area contributed by atoms with E-state index in [2.05, 4.69) is 32.3 Å². The number of carbonyl (C=O) groups excluding carboxylic acids is 2. The summed E-state index contributed by atoms with van der Waals surface area (Å²) in [5.41, 5.74) is 0.889. The smallest absolute Gasteiger partial charge is 0.333 e. The zero-order chi connectivity index (χ0) is 30.1. The van der Waals surface area contributed by atoms with Gasteiger partial charge in [-0.3, -0.25) is 14.2 Å². The van der Waals surface area contributed by atoms with Gasteiger partial charge in [0.25, 0.3) is 0 Å². The maximum atomic E-state index is 13.2. The van der Waals surface area contributed by atoms with Crippen LogP contribution in [0.4, 0.5) is 20.5 Å². The maximum absolute atomic E-state index is 13.2. The zero-order valence-corrected chi connectivity index (χ0v) is 23.8. The van der Waals surface area contributed by atoms with E-state index in [0.29, 0.717) is 79.1 Å². The topological polar surface area (TPSA) is 145 Å². The molecule has 5 heterocycles. The van der Waals surface area contributed by atoms with Crippen LogP contribution in [0.2, 0.25) is 0 Å². The number of imidazole rings is 1. The summed E-state index contributed by atoms with van der Waals surface area (Å²) < 4.78 is 39.7. The van der Waals surface area contributed by atoms with Gasteiger partial charge in [-0.2, -0.15) is 23.8 Å². The van der Waals surface area contributed by atoms with Crippen LogP contribution in [0, 0.1) is 5.41 Å². The van der Waals surface area contributed by atoms with E-state index in [9.17, 15) is 18.4 Å². The van der Waals surface area contributed by atoms with Gasteiger partial charge in [0.15, 0.2) is 17.0 Å². The molecule has 1 spiro atoms. The molecule has 2 unspecified atom stereocenters. The molecule has 2 atom stereocenters. The Bertz CT molecular complexity index is 1500. The lowest BCUT2D eigenvalue weighted by molar-refractivity contribution is -0.158. The number of likely N-dealkylation sites (tertiary alicyclic amines) is 1. The molecular formula is C27H34F2N10O4. The summed E-state index contributed by atoms with van der Waals surface area (Å²) in [7, 11) is 1.68. The van der Waals surface area contributed by atoms with Crippen LogP contribution < -0.4 is 15.5 Å². The summed E-state index contributed by atoms with van der Waals surface area (Å²) in [6.45, 7) is 4.05. The molecule has 1 saturated carbocycles. The lowest BCUT2D eigenvalue weighted by Crippen LogP contribution is -2.68. The summed E-state index contributed by atoms with van der Waals surface area (Å²) in [5.74, 6) is 0.436. The monoisotopic (exact) mass is 600 g/mol. The molecule has 3 aromatic heterocycles. The highest BCUT2D eigenvalue weighted by Crippen LogP contribution is 2.50. The molecule has 3 aliphatic rings. The number of methoxy groups -OCH3 is 1. The minimum atomic E-state index is -2.78. The Morgan fingerprint density at radius 3 is 2.67 bits per heavy atom. The van der Waals surface area contributed by atoms with Gasteiger partial charge in [-0.15, -0.1) is 0 Å². The van der Waals surface area contributed by atoms with Crippen LogP contribution in [0.1, 0.15) is 25.8 Å². The normalized spacial score (nSPS) is 21.7. The predicted molar refractivity (Wildman–Crippen MR) is 151 cm³/mol. The average Bonchev–Trinajstić information content (AvgIpc) is 3.69. The van der Waals surface area contributed by atoms with Gasteiger partial charge in [0.1, 0.15) is 6.33 Å². The van der Waals surface area contributed by atoms with Gasteiger partial charge in [-0.1, -0.05) is 6.58 Å². The Labute approximate surface area is 246 Å². The third kappa shape index (κ3) is 5.40. The summed E-state index contributed by atoms with van der Waals surface area (Å²) in [6, 6.07) is -0.0901. The molecule has 0 aromatic carbocycles. The first-order chi connectivity index (χ1) is 20.8. The molecule has 43 heavy (non-hydrogen) atoms. The number of halogens is 2. The molecule has 2 amide bonds. The second-order valence-corrected chi connectivity index (χ2v) is 10.9. The number of hydrogen-bond acceptors (Lipinski definition) is 10. The number of piperidine rings is 1. The quantitative estimate of drug-likeness (QED) is 0.346. The van der Waals surface area contributed by atoms with E-state index in [1.54, 1.807) is 16.6 Å². The van der Waals surface area contributed by atoms with Crippen LogP contribution in [0.3, 0.4) is 0 Å². The van der Waals surface area contributed by atoms with Crippen LogP contribution in [-0.4, -0.2) is 111 Å². The molecule has 14 nitrogen and oxygen atoms in total. The van der Waals surface area contributed by atoms with E-state index in [0.717, 1.165) is 12.8 Å². The van der Waals surface area contributed by atoms with Crippen LogP contribution >= 0.6 is 0 Å². The minimum absolute atomic E-state index is 0.00250. The molecule has 0 radical (unpaired) electrons. The fourth-order valence-corrected chi connectivity index (χ4v) is 6.30. The molecule has 0 bridgehead atoms. The van der Waals surface area contributed by atoms with Crippen molar-refractivity contribution in [3.63, 3.8) is 0 Å². The molecule has 6 rings (SSSR count). The highest BCUT2D eigenvalue weighted by molar-refractivity contribution is 5.89. The Balaban J connectivity index is 1.20. The van der Waals surface area contributed by atoms with Crippen molar-refractivity contribution in [2.45, 2.75) is 38.0 Å². The van der Waals surface area contributed by atoms with Gasteiger partial charge in [0.2, 0.25) is 17.8 Å². The Morgan fingerprint density at radius 2 is 2.00 bits per heavy atom. The number of morpholine rings is 1. The third-order valence-corrected chi connectivity index (χ3v) is 8.75. The number of nitrogens with one attached hydrogen (secondary N) is 2. The van der Waals surface area contributed by atoms with E-state index in [-0.39, 0.29) is 35.9 Å². The number of rotatable bonds is 9. The summed E-state index contributed by atoms with van der Waals surface area (Å²) >= 11 is 0. The van der Waals surface area contributed by atoms with E-state index in [1.165, 1.54) is 24.8 Å². The average molecular weight is 601 g/mol. The molecule has 16 heteroatoms. The van der Waals surface area contributed by atoms with Crippen molar-refractivity contribution in [3.8, 4) is 5.69 Å². The molecule has 3 aromatic rings. The summed E-state index contributed by atoms with van der Waals surface area (Å²) in [6.07, 6.45) is 7.44. The number of fused-ring (bicyclic) bond motifs is 1. The molecule has 1 aliphatic carbocycles. The predicted octanol–water partition coefficient (Wildman–Crippen LogP) is 1.35. The van der Waals surface area contributed by atoms with E-state index in [4.69, 9.17) is 14.5 Å². The zero-order valence-electron chi connectivity index (χ0n) is 23.8. The van der Waals surface area contributed by atoms with Crippen LogP contribution in [-0.2, 0) is 19.1 Å². The number of aromatic nitrogens is 6. The summed E-state index contributed by atoms with van der Waals surface area (Å²) in [5, 5.41) is 10.0. The number of alkyl halides is 2. The van der Waals surface area contributed by atoms with Crippen molar-refractivity contribution in [3.05, 3.63) is 31.4 Å². The van der Waals surface area contributed by atoms with Gasteiger partial charge in [-0.05, 0) is 25.3 Å². The van der Waals surface area contributed by atoms with E-state index >= 15 is 0 Å². The van der Waals surface area contributed by atoms with E-state index in [1.807, 2.05) is 4.90 Å². The number of carbonyl (C=O) groups is 2. The van der Waals surface area contributed by atoms with Crippen LogP contribution in [0.25, 0.3) is 16.9 Å². The van der Waals surface area contributed by atoms with Gasteiger partial charge < -0.3 is 29.9 Å². The van der Waals surface area contributed by atoms with Crippen molar-refractivity contribution in [2.75, 3.05) is 63.3 Å². The van der Waals surface area contributed by atoms with E-state index < -0.39 is 6.55 Å². The SMILES string of the molecule is C=CC(=O)N1CCC2(CC1)C(NC(=O)CNc1nc(N3CCOCC3)nc3c1ncn3-c1cnn(C(F)F)c1)CC2OC. The van der Waals surface area contributed by atoms with Crippen molar-refractivity contribution < 1.29 is 27.8 Å². The van der Waals surface area contributed by atoms with Crippen LogP contribution in [0.5, 0.6) is 0 Å². The standard InChI is InChI=1S/C27H34F2N10O4/c1-3-21(41)36-6-4-27(5-7-36)18(12-19(27)42-2)33-20(40)14-30-23-22-24(35-26(34-23)37-8-10-43-11-9-37)38(16-31-22)17-13-32-39(15-17)25(28)29/h3,13,15-16,18-19,25H,1,4-12,14H2,2H3,(H,33,40)(H,30,34,35). The Morgan fingerprint density at radius 1 is 1.23 bits per heavy atom. The minimum Gasteiger partial charge on any atom is -0.381 e. The molecule has 3 fully saturated rings. The largest absolute Gasteiger partial charge is 0.381 e. The Kier molecular flexibility index (Phi) is 7.96. The Hall–Kier alpha value is -4.18. The first kappa shape index (κ1) is 28.9. The first-order valence-corrected chi connectivity index (χ1v) is 14.2. The molecular weight excluding hydrogens is 566 g/mol. The highest BCUT2D eigenvalue weighted by Gasteiger charge is 2.57. The second-order valence-electron chi connectivity index (χ2n) is 10.9. The number of anilines is 2. The number of nitrogens with zero attached hydrogens (tertiary/aromatic N) is 8. The first-order valence-electron chi connectivity index (χ1n) is 14.2. The van der Waals surface area contributed by atoms with Crippen molar-refractivity contribution in [1.29, 1.82) is 0 Å². The number of ether oxygens (including phenoxy) is 2. The molecule has 2 aliphatic heterocycles. The van der Waals surface area contributed by atoms with Crippen LogP contribution in [0.15, 0.2) is 31.4 Å². The van der Waals surface area contributed by atoms with Crippen molar-refractivity contribution >= 4 is 34.7 Å². The number of hydrogen-bond donors (Lipinski definition) is 2. The molecule has 2 N–H and O–H groups in total. The van der Waals surface area contributed by atoms with Crippen molar-refractivity contribution in [1.82, 2.24) is 39.5 Å². The molecule has 2 saturated heterocycles. The lowest BCUT2D eigenvalue weighted by Gasteiger charge is -2.58. The second kappa shape index (κ2) is 11.8. The van der Waals surface area contributed by atoms with Gasteiger partial charge in [0.05, 0.1) is 43.9 Å².